The number of ether oxygens (including phenoxy) is 4. The third-order valence-corrected chi connectivity index (χ3v) is 4.68. The number of nitrogens with zero attached hydrogens (tertiary/aromatic N) is 2. The standard InChI is InChI=1S/C22H21N3O5/c1-27-15-4-6-16(7-5-15)30-13-19(26)25-22-21-17(9-10-29-21)18(12-24-22)14-3-8-20(28-2)23-11-14/h3-8,11-12H,9-10,13H2,1-2H3,(H,24,25,26). The second-order valence-electron chi connectivity index (χ2n) is 6.53. The van der Waals surface area contributed by atoms with E-state index < -0.39 is 0 Å². The van der Waals surface area contributed by atoms with Crippen molar-refractivity contribution >= 4 is 11.7 Å². The third-order valence-electron chi connectivity index (χ3n) is 4.68. The van der Waals surface area contributed by atoms with E-state index in [0.717, 1.165) is 28.9 Å². The maximum Gasteiger partial charge on any atom is 0.263 e. The molecule has 3 aromatic rings. The number of fused-ring (bicyclic) bond motifs is 1. The first-order valence-electron chi connectivity index (χ1n) is 9.39. The summed E-state index contributed by atoms with van der Waals surface area (Å²) in [6.07, 6.45) is 4.18. The van der Waals surface area contributed by atoms with Crippen molar-refractivity contribution in [1.29, 1.82) is 0 Å². The summed E-state index contributed by atoms with van der Waals surface area (Å²) in [6.45, 7) is 0.385. The van der Waals surface area contributed by atoms with Crippen LogP contribution in [0.1, 0.15) is 5.56 Å². The van der Waals surface area contributed by atoms with Crippen LogP contribution in [0.15, 0.2) is 48.8 Å². The lowest BCUT2D eigenvalue weighted by atomic mass is 10.0. The van der Waals surface area contributed by atoms with Crippen LogP contribution in [0.2, 0.25) is 0 Å². The minimum Gasteiger partial charge on any atom is -0.497 e. The topological polar surface area (TPSA) is 91.8 Å². The van der Waals surface area contributed by atoms with Gasteiger partial charge < -0.3 is 24.3 Å². The highest BCUT2D eigenvalue weighted by Gasteiger charge is 2.23. The SMILES string of the molecule is COc1ccc(OCC(=O)Nc2ncc(-c3ccc(OC)nc3)c3c2OCC3)cc1. The fraction of sp³-hybridized carbons (Fsp3) is 0.227. The molecule has 1 N–H and O–H groups in total. The van der Waals surface area contributed by atoms with Gasteiger partial charge in [-0.2, -0.15) is 0 Å². The Hall–Kier alpha value is -3.81. The van der Waals surface area contributed by atoms with Crippen molar-refractivity contribution in [2.45, 2.75) is 6.42 Å². The van der Waals surface area contributed by atoms with E-state index in [1.807, 2.05) is 6.07 Å². The first-order valence-corrected chi connectivity index (χ1v) is 9.39. The number of benzene rings is 1. The molecule has 0 bridgehead atoms. The maximum absolute atomic E-state index is 12.4. The van der Waals surface area contributed by atoms with Crippen LogP contribution in [0.25, 0.3) is 11.1 Å². The van der Waals surface area contributed by atoms with Crippen LogP contribution < -0.4 is 24.3 Å². The number of carbonyl (C=O) groups excluding carboxylic acids is 1. The Kier molecular flexibility index (Phi) is 5.65. The second kappa shape index (κ2) is 8.69. The van der Waals surface area contributed by atoms with Crippen molar-refractivity contribution in [3.63, 3.8) is 0 Å². The van der Waals surface area contributed by atoms with E-state index in [9.17, 15) is 4.79 Å². The second-order valence-corrected chi connectivity index (χ2v) is 6.53. The predicted octanol–water partition coefficient (Wildman–Crippen LogP) is 3.11. The minimum absolute atomic E-state index is 0.146. The molecule has 154 valence electrons. The molecule has 1 aromatic carbocycles. The van der Waals surface area contributed by atoms with Crippen molar-refractivity contribution in [3.8, 4) is 34.3 Å². The molecule has 0 saturated heterocycles. The molecule has 0 spiro atoms. The van der Waals surface area contributed by atoms with Crippen LogP contribution in [-0.2, 0) is 11.2 Å². The largest absolute Gasteiger partial charge is 0.497 e. The van der Waals surface area contributed by atoms with Gasteiger partial charge in [-0.05, 0) is 30.3 Å². The average Bonchev–Trinajstić information content (AvgIpc) is 3.29. The minimum atomic E-state index is -0.324. The van der Waals surface area contributed by atoms with Gasteiger partial charge in [0, 0.05) is 41.6 Å². The van der Waals surface area contributed by atoms with Crippen LogP contribution in [0, 0.1) is 0 Å². The molecule has 0 aliphatic carbocycles. The van der Waals surface area contributed by atoms with Gasteiger partial charge in [-0.25, -0.2) is 9.97 Å². The van der Waals surface area contributed by atoms with Crippen LogP contribution in [0.5, 0.6) is 23.1 Å². The zero-order valence-electron chi connectivity index (χ0n) is 16.7. The Morgan fingerprint density at radius 2 is 1.83 bits per heavy atom. The summed E-state index contributed by atoms with van der Waals surface area (Å²) >= 11 is 0. The summed E-state index contributed by atoms with van der Waals surface area (Å²) in [7, 11) is 3.16. The van der Waals surface area contributed by atoms with Crippen molar-refractivity contribution in [1.82, 2.24) is 9.97 Å². The number of pyridine rings is 2. The highest BCUT2D eigenvalue weighted by molar-refractivity contribution is 5.93. The first kappa shape index (κ1) is 19.5. The third kappa shape index (κ3) is 4.12. The smallest absolute Gasteiger partial charge is 0.263 e. The molecular formula is C22H21N3O5. The van der Waals surface area contributed by atoms with E-state index in [1.54, 1.807) is 56.9 Å². The Balaban J connectivity index is 1.46. The zero-order chi connectivity index (χ0) is 20.9. The van der Waals surface area contributed by atoms with E-state index >= 15 is 0 Å². The molecule has 2 aromatic heterocycles. The number of amides is 1. The molecular weight excluding hydrogens is 386 g/mol. The van der Waals surface area contributed by atoms with Crippen LogP contribution in [-0.4, -0.2) is 43.3 Å². The predicted molar refractivity (Wildman–Crippen MR) is 110 cm³/mol. The first-order chi connectivity index (χ1) is 14.7. The molecule has 8 nitrogen and oxygen atoms in total. The molecule has 1 aliphatic rings. The summed E-state index contributed by atoms with van der Waals surface area (Å²) < 4.78 is 21.5. The van der Waals surface area contributed by atoms with Crippen molar-refractivity contribution < 1.29 is 23.7 Å². The van der Waals surface area contributed by atoms with Crippen LogP contribution in [0.3, 0.4) is 0 Å². The number of carbonyl (C=O) groups is 1. The maximum atomic E-state index is 12.4. The van der Waals surface area contributed by atoms with E-state index in [4.69, 9.17) is 18.9 Å². The lowest BCUT2D eigenvalue weighted by Crippen LogP contribution is -2.21. The summed E-state index contributed by atoms with van der Waals surface area (Å²) in [6, 6.07) is 10.7. The molecule has 0 fully saturated rings. The number of aromatic nitrogens is 2. The quantitative estimate of drug-likeness (QED) is 0.643. The van der Waals surface area contributed by atoms with Crippen molar-refractivity contribution in [3.05, 3.63) is 54.4 Å². The van der Waals surface area contributed by atoms with Gasteiger partial charge in [-0.15, -0.1) is 0 Å². The average molecular weight is 407 g/mol. The monoisotopic (exact) mass is 407 g/mol. The zero-order valence-corrected chi connectivity index (χ0v) is 16.7. The highest BCUT2D eigenvalue weighted by Crippen LogP contribution is 2.38. The number of anilines is 1. The van der Waals surface area contributed by atoms with E-state index in [2.05, 4.69) is 15.3 Å². The van der Waals surface area contributed by atoms with Gasteiger partial charge in [0.25, 0.3) is 5.91 Å². The molecule has 3 heterocycles. The van der Waals surface area contributed by atoms with Crippen molar-refractivity contribution in [2.24, 2.45) is 0 Å². The number of hydrogen-bond donors (Lipinski definition) is 1. The number of methoxy groups -OCH3 is 2. The number of nitrogens with one attached hydrogen (secondary N) is 1. The summed E-state index contributed by atoms with van der Waals surface area (Å²) in [5.41, 5.74) is 2.82. The van der Waals surface area contributed by atoms with Gasteiger partial charge in [0.2, 0.25) is 5.88 Å². The van der Waals surface area contributed by atoms with Gasteiger partial charge in [-0.3, -0.25) is 4.79 Å². The van der Waals surface area contributed by atoms with E-state index in [0.29, 0.717) is 29.8 Å². The lowest BCUT2D eigenvalue weighted by Gasteiger charge is -2.13. The lowest BCUT2D eigenvalue weighted by molar-refractivity contribution is -0.118. The summed E-state index contributed by atoms with van der Waals surface area (Å²) in [4.78, 5) is 21.0. The summed E-state index contributed by atoms with van der Waals surface area (Å²) in [5, 5.41) is 2.77. The molecule has 0 radical (unpaired) electrons. The summed E-state index contributed by atoms with van der Waals surface area (Å²) in [5.74, 6) is 2.48. The Morgan fingerprint density at radius 1 is 1.03 bits per heavy atom. The molecule has 8 heteroatoms. The molecule has 0 atom stereocenters. The molecule has 0 unspecified atom stereocenters. The van der Waals surface area contributed by atoms with Crippen LogP contribution in [0.4, 0.5) is 5.82 Å². The van der Waals surface area contributed by atoms with Gasteiger partial charge >= 0.3 is 0 Å². The molecule has 4 rings (SSSR count). The molecule has 0 saturated carbocycles. The van der Waals surface area contributed by atoms with E-state index in [1.165, 1.54) is 0 Å². The van der Waals surface area contributed by atoms with Gasteiger partial charge in [0.15, 0.2) is 18.2 Å². The van der Waals surface area contributed by atoms with Crippen LogP contribution >= 0.6 is 0 Å². The normalized spacial score (nSPS) is 11.9. The Labute approximate surface area is 173 Å². The number of rotatable bonds is 7. The fourth-order valence-corrected chi connectivity index (χ4v) is 3.18. The van der Waals surface area contributed by atoms with Crippen molar-refractivity contribution in [2.75, 3.05) is 32.8 Å². The van der Waals surface area contributed by atoms with E-state index in [-0.39, 0.29) is 12.5 Å². The Morgan fingerprint density at radius 3 is 2.53 bits per heavy atom. The van der Waals surface area contributed by atoms with Gasteiger partial charge in [-0.1, -0.05) is 0 Å². The van der Waals surface area contributed by atoms with Gasteiger partial charge in [0.1, 0.15) is 11.5 Å². The molecule has 30 heavy (non-hydrogen) atoms. The van der Waals surface area contributed by atoms with Gasteiger partial charge in [0.05, 0.1) is 20.8 Å². The molecule has 1 amide bonds. The molecule has 1 aliphatic heterocycles. The highest BCUT2D eigenvalue weighted by atomic mass is 16.5. The Bertz CT molecular complexity index is 1040. The number of hydrogen-bond acceptors (Lipinski definition) is 7. The fourth-order valence-electron chi connectivity index (χ4n) is 3.18.